The van der Waals surface area contributed by atoms with Gasteiger partial charge in [0.1, 0.15) is 0 Å². The maximum Gasteiger partial charge on any atom is 0.416 e. The maximum atomic E-state index is 12.8. The van der Waals surface area contributed by atoms with Crippen molar-refractivity contribution >= 4 is 44.8 Å². The van der Waals surface area contributed by atoms with Crippen molar-refractivity contribution in [3.05, 3.63) is 94.0 Å². The van der Waals surface area contributed by atoms with E-state index in [1.54, 1.807) is 12.1 Å². The number of alkyl halides is 3. The van der Waals surface area contributed by atoms with Crippen LogP contribution in [0.15, 0.2) is 77.7 Å². The lowest BCUT2D eigenvalue weighted by Crippen LogP contribution is -2.15. The van der Waals surface area contributed by atoms with Crippen LogP contribution < -0.4 is 10.0 Å². The molecule has 0 radical (unpaired) electrons. The third kappa shape index (κ3) is 7.45. The molecule has 3 aromatic carbocycles. The van der Waals surface area contributed by atoms with E-state index in [-0.39, 0.29) is 27.9 Å². The molecule has 0 atom stereocenters. The van der Waals surface area contributed by atoms with E-state index in [2.05, 4.69) is 10.0 Å². The zero-order valence-electron chi connectivity index (χ0n) is 17.8. The van der Waals surface area contributed by atoms with Gasteiger partial charge in [-0.05, 0) is 48.0 Å². The molecule has 0 aliphatic carbocycles. The van der Waals surface area contributed by atoms with Crippen LogP contribution in [0.4, 0.5) is 30.2 Å². The maximum absolute atomic E-state index is 12.8. The minimum atomic E-state index is -4.61. The summed E-state index contributed by atoms with van der Waals surface area (Å²) in [5, 5.41) is 13.3. The molecule has 35 heavy (non-hydrogen) atoms. The average molecular weight is 526 g/mol. The van der Waals surface area contributed by atoms with Gasteiger partial charge in [0.05, 0.1) is 21.1 Å². The van der Waals surface area contributed by atoms with E-state index in [1.807, 2.05) is 0 Å². The number of nitro groups is 1. The number of carbonyl (C=O) groups excluding carboxylic acids is 1. The summed E-state index contributed by atoms with van der Waals surface area (Å²) in [6.45, 7) is 0. The highest BCUT2D eigenvalue weighted by Gasteiger charge is 2.30. The van der Waals surface area contributed by atoms with Crippen LogP contribution in [-0.2, 0) is 26.7 Å². The van der Waals surface area contributed by atoms with E-state index in [0.717, 1.165) is 17.7 Å². The summed E-state index contributed by atoms with van der Waals surface area (Å²) in [6.07, 6.45) is -4.61. The predicted octanol–water partition coefficient (Wildman–Crippen LogP) is 5.29. The molecule has 13 heteroatoms. The number of hydrogen-bond donors (Lipinski definition) is 2. The van der Waals surface area contributed by atoms with Gasteiger partial charge in [-0.2, -0.15) is 13.2 Å². The topological polar surface area (TPSA) is 118 Å². The van der Waals surface area contributed by atoms with Gasteiger partial charge in [0.15, 0.2) is 0 Å². The third-order valence-corrected chi connectivity index (χ3v) is 6.94. The molecule has 3 rings (SSSR count). The summed E-state index contributed by atoms with van der Waals surface area (Å²) in [6, 6.07) is 15.0. The number of thioether (sulfide) groups is 1. The smallest absolute Gasteiger partial charge is 0.325 e. The van der Waals surface area contributed by atoms with Crippen molar-refractivity contribution in [2.45, 2.75) is 16.8 Å². The first-order valence-electron chi connectivity index (χ1n) is 9.85. The molecular formula is C22H18F3N3O5S2. The second-order valence-electron chi connectivity index (χ2n) is 7.17. The molecule has 8 nitrogen and oxygen atoms in total. The lowest BCUT2D eigenvalue weighted by molar-refractivity contribution is -0.384. The molecule has 184 valence electrons. The Kier molecular flexibility index (Phi) is 8.02. The molecule has 0 saturated carbocycles. The molecule has 0 fully saturated rings. The van der Waals surface area contributed by atoms with Crippen LogP contribution in [0.5, 0.6) is 0 Å². The Morgan fingerprint density at radius 1 is 0.971 bits per heavy atom. The summed E-state index contributed by atoms with van der Waals surface area (Å²) in [4.78, 5) is 22.1. The van der Waals surface area contributed by atoms with E-state index in [1.165, 1.54) is 54.2 Å². The Hall–Kier alpha value is -3.58. The van der Waals surface area contributed by atoms with Crippen molar-refractivity contribution in [1.29, 1.82) is 0 Å². The SMILES string of the molecule is O=C(CSCc1ccc([N+](=O)[O-])cc1)Nc1ccc(S(=O)(=O)Nc2cccc(C(F)(F)F)c2)cc1. The first-order chi connectivity index (χ1) is 16.4. The van der Waals surface area contributed by atoms with Gasteiger partial charge < -0.3 is 5.32 Å². The van der Waals surface area contributed by atoms with Crippen LogP contribution in [0.2, 0.25) is 0 Å². The molecule has 0 unspecified atom stereocenters. The van der Waals surface area contributed by atoms with Crippen molar-refractivity contribution in [2.24, 2.45) is 0 Å². The van der Waals surface area contributed by atoms with Gasteiger partial charge in [-0.3, -0.25) is 19.6 Å². The lowest BCUT2D eigenvalue weighted by atomic mass is 10.2. The van der Waals surface area contributed by atoms with Gasteiger partial charge in [0, 0.05) is 29.3 Å². The second kappa shape index (κ2) is 10.8. The molecule has 0 aliphatic heterocycles. The fourth-order valence-electron chi connectivity index (χ4n) is 2.86. The van der Waals surface area contributed by atoms with Gasteiger partial charge in [-0.1, -0.05) is 18.2 Å². The number of nitrogens with one attached hydrogen (secondary N) is 2. The van der Waals surface area contributed by atoms with Gasteiger partial charge in [-0.25, -0.2) is 8.42 Å². The number of anilines is 2. The molecular weight excluding hydrogens is 507 g/mol. The standard InChI is InChI=1S/C22H18F3N3O5S2/c23-22(24,25)16-2-1-3-18(12-16)27-35(32,33)20-10-6-17(7-11-20)26-21(29)14-34-13-15-4-8-19(9-5-15)28(30)31/h1-12,27H,13-14H2,(H,26,29). The van der Waals surface area contributed by atoms with E-state index in [9.17, 15) is 36.5 Å². The number of non-ortho nitro benzene ring substituents is 1. The number of nitrogens with zero attached hydrogens (tertiary/aromatic N) is 1. The Bertz CT molecular complexity index is 1310. The Morgan fingerprint density at radius 2 is 1.63 bits per heavy atom. The van der Waals surface area contributed by atoms with Crippen LogP contribution in [0.3, 0.4) is 0 Å². The molecule has 0 saturated heterocycles. The second-order valence-corrected chi connectivity index (χ2v) is 9.84. The molecule has 0 bridgehead atoms. The fraction of sp³-hybridized carbons (Fsp3) is 0.136. The number of benzene rings is 3. The summed E-state index contributed by atoms with van der Waals surface area (Å²) < 4.78 is 65.7. The number of halogens is 3. The molecule has 0 heterocycles. The number of rotatable bonds is 9. The first-order valence-corrected chi connectivity index (χ1v) is 12.5. The first kappa shape index (κ1) is 26.0. The predicted molar refractivity (Wildman–Crippen MR) is 127 cm³/mol. The summed E-state index contributed by atoms with van der Waals surface area (Å²) >= 11 is 1.29. The summed E-state index contributed by atoms with van der Waals surface area (Å²) in [7, 11) is -4.15. The molecule has 0 aromatic heterocycles. The monoisotopic (exact) mass is 525 g/mol. The lowest BCUT2D eigenvalue weighted by Gasteiger charge is -2.12. The van der Waals surface area contributed by atoms with E-state index >= 15 is 0 Å². The third-order valence-electron chi connectivity index (χ3n) is 4.54. The Labute approximate surface area is 202 Å². The highest BCUT2D eigenvalue weighted by Crippen LogP contribution is 2.31. The summed E-state index contributed by atoms with van der Waals surface area (Å²) in [5.74, 6) is 0.215. The normalized spacial score (nSPS) is 11.6. The highest BCUT2D eigenvalue weighted by atomic mass is 32.2. The number of nitro benzene ring substituents is 1. The van der Waals surface area contributed by atoms with Gasteiger partial charge in [0.2, 0.25) is 5.91 Å². The van der Waals surface area contributed by atoms with Crippen molar-refractivity contribution in [3.63, 3.8) is 0 Å². The zero-order chi connectivity index (χ0) is 25.6. The molecule has 1 amide bonds. The van der Waals surface area contributed by atoms with Crippen molar-refractivity contribution in [3.8, 4) is 0 Å². The van der Waals surface area contributed by atoms with Gasteiger partial charge in [0.25, 0.3) is 15.7 Å². The summed E-state index contributed by atoms with van der Waals surface area (Å²) in [5.41, 5.74) is -0.0865. The van der Waals surface area contributed by atoms with Crippen LogP contribution in [0.1, 0.15) is 11.1 Å². The van der Waals surface area contributed by atoms with Crippen LogP contribution in [0.25, 0.3) is 0 Å². The van der Waals surface area contributed by atoms with Crippen molar-refractivity contribution < 1.29 is 31.3 Å². The van der Waals surface area contributed by atoms with Gasteiger partial charge in [-0.15, -0.1) is 11.8 Å². The minimum Gasteiger partial charge on any atom is -0.325 e. The fourth-order valence-corrected chi connectivity index (χ4v) is 4.70. The Balaban J connectivity index is 1.54. The van der Waals surface area contributed by atoms with Crippen molar-refractivity contribution in [2.75, 3.05) is 15.8 Å². The molecule has 2 N–H and O–H groups in total. The van der Waals surface area contributed by atoms with E-state index in [4.69, 9.17) is 0 Å². The van der Waals surface area contributed by atoms with E-state index in [0.29, 0.717) is 17.5 Å². The molecule has 0 spiro atoms. The highest BCUT2D eigenvalue weighted by molar-refractivity contribution is 7.99. The average Bonchev–Trinajstić information content (AvgIpc) is 2.79. The number of amides is 1. The van der Waals surface area contributed by atoms with Crippen LogP contribution >= 0.6 is 11.8 Å². The minimum absolute atomic E-state index is 0.0213. The van der Waals surface area contributed by atoms with E-state index < -0.39 is 26.7 Å². The number of hydrogen-bond acceptors (Lipinski definition) is 6. The number of carbonyl (C=O) groups is 1. The number of sulfonamides is 1. The van der Waals surface area contributed by atoms with Gasteiger partial charge >= 0.3 is 6.18 Å². The zero-order valence-corrected chi connectivity index (χ0v) is 19.4. The van der Waals surface area contributed by atoms with Crippen molar-refractivity contribution in [1.82, 2.24) is 0 Å². The Morgan fingerprint density at radius 3 is 2.23 bits per heavy atom. The quantitative estimate of drug-likeness (QED) is 0.290. The molecule has 0 aliphatic rings. The van der Waals surface area contributed by atoms with Crippen LogP contribution in [0, 0.1) is 10.1 Å². The largest absolute Gasteiger partial charge is 0.416 e. The van der Waals surface area contributed by atoms with Crippen LogP contribution in [-0.4, -0.2) is 25.0 Å². The molecule has 3 aromatic rings.